The quantitative estimate of drug-likeness (QED) is 0.752. The van der Waals surface area contributed by atoms with Crippen LogP contribution >= 0.6 is 0 Å². The van der Waals surface area contributed by atoms with Crippen LogP contribution in [0.25, 0.3) is 5.57 Å². The molecule has 5 rings (SSSR count). The van der Waals surface area contributed by atoms with Gasteiger partial charge in [0.2, 0.25) is 0 Å². The van der Waals surface area contributed by atoms with Gasteiger partial charge in [0.05, 0.1) is 17.9 Å². The van der Waals surface area contributed by atoms with Crippen LogP contribution in [-0.2, 0) is 5.41 Å². The lowest BCUT2D eigenvalue weighted by molar-refractivity contribution is 0.447. The minimum absolute atomic E-state index is 0.133. The second-order valence-electron chi connectivity index (χ2n) is 5.84. The van der Waals surface area contributed by atoms with Crippen molar-refractivity contribution in [1.29, 1.82) is 0 Å². The Morgan fingerprint density at radius 3 is 2.79 bits per heavy atom. The summed E-state index contributed by atoms with van der Waals surface area (Å²) in [5.74, 6) is 3.95. The van der Waals surface area contributed by atoms with Crippen molar-refractivity contribution in [1.82, 2.24) is 0 Å². The molecule has 0 N–H and O–H groups in total. The van der Waals surface area contributed by atoms with Crippen molar-refractivity contribution in [3.8, 4) is 0 Å². The van der Waals surface area contributed by atoms with E-state index in [2.05, 4.69) is 30.4 Å². The Morgan fingerprint density at radius 2 is 2.00 bits per heavy atom. The summed E-state index contributed by atoms with van der Waals surface area (Å²) in [5, 5.41) is 0. The molecule has 94 valence electrons. The van der Waals surface area contributed by atoms with Crippen LogP contribution < -0.4 is 0 Å². The van der Waals surface area contributed by atoms with E-state index in [1.807, 2.05) is 12.1 Å². The highest BCUT2D eigenvalue weighted by molar-refractivity contribution is 5.71. The molecular formula is C17H14O2. The molecule has 1 fully saturated rings. The molecule has 3 aliphatic carbocycles. The van der Waals surface area contributed by atoms with E-state index < -0.39 is 0 Å². The van der Waals surface area contributed by atoms with Crippen molar-refractivity contribution in [3.63, 3.8) is 0 Å². The molecule has 0 aliphatic heterocycles. The van der Waals surface area contributed by atoms with Gasteiger partial charge in [-0.05, 0) is 48.1 Å². The molecule has 4 atom stereocenters. The highest BCUT2D eigenvalue weighted by atomic mass is 16.3. The molecule has 2 aromatic rings. The molecule has 2 aromatic heterocycles. The van der Waals surface area contributed by atoms with E-state index in [4.69, 9.17) is 8.83 Å². The minimum atomic E-state index is 0.133. The van der Waals surface area contributed by atoms with Gasteiger partial charge in [0, 0.05) is 5.92 Å². The number of allylic oxidation sites excluding steroid dienone is 4. The van der Waals surface area contributed by atoms with E-state index in [1.54, 1.807) is 12.5 Å². The van der Waals surface area contributed by atoms with Crippen molar-refractivity contribution in [2.24, 2.45) is 17.8 Å². The summed E-state index contributed by atoms with van der Waals surface area (Å²) in [6.45, 7) is 0. The Bertz CT molecular complexity index is 675. The number of fused-ring (bicyclic) bond motifs is 2. The maximum absolute atomic E-state index is 5.69. The van der Waals surface area contributed by atoms with Gasteiger partial charge in [-0.3, -0.25) is 0 Å². The molecule has 1 saturated carbocycles. The van der Waals surface area contributed by atoms with Crippen LogP contribution in [0.2, 0.25) is 0 Å². The third-order valence-electron chi connectivity index (χ3n) is 5.11. The predicted octanol–water partition coefficient (Wildman–Crippen LogP) is 4.03. The summed E-state index contributed by atoms with van der Waals surface area (Å²) in [4.78, 5) is 0. The first-order valence-corrected chi connectivity index (χ1v) is 6.88. The lowest BCUT2D eigenvalue weighted by Crippen LogP contribution is -2.14. The zero-order chi connectivity index (χ0) is 12.4. The first-order valence-electron chi connectivity index (χ1n) is 6.88. The highest BCUT2D eigenvalue weighted by Crippen LogP contribution is 2.70. The number of hydrogen-bond donors (Lipinski definition) is 0. The van der Waals surface area contributed by atoms with Crippen LogP contribution in [0.5, 0.6) is 0 Å². The Labute approximate surface area is 111 Å². The molecule has 0 aromatic carbocycles. The Morgan fingerprint density at radius 1 is 1.11 bits per heavy atom. The molecule has 2 bridgehead atoms. The molecular weight excluding hydrogens is 236 g/mol. The zero-order valence-corrected chi connectivity index (χ0v) is 10.5. The monoisotopic (exact) mass is 250 g/mol. The second kappa shape index (κ2) is 3.13. The first-order chi connectivity index (χ1) is 9.39. The normalized spacial score (nSPS) is 38.1. The van der Waals surface area contributed by atoms with Gasteiger partial charge in [-0.2, -0.15) is 0 Å². The van der Waals surface area contributed by atoms with Crippen molar-refractivity contribution in [2.45, 2.75) is 11.8 Å². The molecule has 0 radical (unpaired) electrons. The summed E-state index contributed by atoms with van der Waals surface area (Å²) >= 11 is 0. The topological polar surface area (TPSA) is 26.3 Å². The van der Waals surface area contributed by atoms with Gasteiger partial charge in [0.1, 0.15) is 11.5 Å². The van der Waals surface area contributed by atoms with Crippen LogP contribution in [0, 0.1) is 17.8 Å². The third-order valence-corrected chi connectivity index (χ3v) is 5.11. The fourth-order valence-electron chi connectivity index (χ4n) is 4.18. The van der Waals surface area contributed by atoms with E-state index in [0.29, 0.717) is 17.8 Å². The number of hydrogen-bond acceptors (Lipinski definition) is 2. The summed E-state index contributed by atoms with van der Waals surface area (Å²) in [5.41, 5.74) is 1.49. The molecule has 4 unspecified atom stereocenters. The van der Waals surface area contributed by atoms with Gasteiger partial charge in [0.25, 0.3) is 0 Å². The third kappa shape index (κ3) is 1.08. The molecule has 0 spiro atoms. The average Bonchev–Trinajstić information content (AvgIpc) is 2.89. The van der Waals surface area contributed by atoms with E-state index in [9.17, 15) is 0 Å². The predicted molar refractivity (Wildman–Crippen MR) is 71.3 cm³/mol. The maximum Gasteiger partial charge on any atom is 0.130 e. The van der Waals surface area contributed by atoms with Crippen molar-refractivity contribution < 1.29 is 8.83 Å². The first kappa shape index (κ1) is 9.90. The van der Waals surface area contributed by atoms with Crippen LogP contribution in [0.3, 0.4) is 0 Å². The largest absolute Gasteiger partial charge is 0.468 e. The summed E-state index contributed by atoms with van der Waals surface area (Å²) in [6.07, 6.45) is 11.9. The number of rotatable bonds is 2. The van der Waals surface area contributed by atoms with E-state index in [-0.39, 0.29) is 5.41 Å². The van der Waals surface area contributed by atoms with E-state index >= 15 is 0 Å². The lowest BCUT2D eigenvalue weighted by atomic mass is 9.82. The van der Waals surface area contributed by atoms with Gasteiger partial charge >= 0.3 is 0 Å². The maximum atomic E-state index is 5.69. The molecule has 0 saturated heterocycles. The average molecular weight is 250 g/mol. The fraction of sp³-hybridized carbons (Fsp3) is 0.294. The molecule has 2 heteroatoms. The van der Waals surface area contributed by atoms with Gasteiger partial charge in [0.15, 0.2) is 0 Å². The Kier molecular flexibility index (Phi) is 1.63. The summed E-state index contributed by atoms with van der Waals surface area (Å²) in [6, 6.07) is 8.14. The van der Waals surface area contributed by atoms with Gasteiger partial charge in [-0.1, -0.05) is 18.2 Å². The highest BCUT2D eigenvalue weighted by Gasteiger charge is 2.68. The minimum Gasteiger partial charge on any atom is -0.468 e. The van der Waals surface area contributed by atoms with Crippen LogP contribution in [0.1, 0.15) is 17.9 Å². The molecule has 19 heavy (non-hydrogen) atoms. The van der Waals surface area contributed by atoms with E-state index in [0.717, 1.165) is 11.5 Å². The van der Waals surface area contributed by atoms with Crippen LogP contribution in [-0.4, -0.2) is 0 Å². The van der Waals surface area contributed by atoms with Gasteiger partial charge in [-0.15, -0.1) is 0 Å². The Balaban J connectivity index is 1.65. The second-order valence-corrected chi connectivity index (χ2v) is 5.84. The van der Waals surface area contributed by atoms with Crippen molar-refractivity contribution >= 4 is 5.57 Å². The fourth-order valence-corrected chi connectivity index (χ4v) is 4.18. The molecule has 2 heterocycles. The van der Waals surface area contributed by atoms with E-state index in [1.165, 1.54) is 12.0 Å². The molecule has 0 amide bonds. The number of furan rings is 2. The Hall–Kier alpha value is -1.96. The van der Waals surface area contributed by atoms with Gasteiger partial charge in [-0.25, -0.2) is 0 Å². The smallest absolute Gasteiger partial charge is 0.130 e. The van der Waals surface area contributed by atoms with Crippen LogP contribution in [0.15, 0.2) is 63.9 Å². The van der Waals surface area contributed by atoms with Crippen LogP contribution in [0.4, 0.5) is 0 Å². The summed E-state index contributed by atoms with van der Waals surface area (Å²) < 4.78 is 11.3. The van der Waals surface area contributed by atoms with Crippen molar-refractivity contribution in [3.05, 3.63) is 66.5 Å². The molecule has 2 nitrogen and oxygen atoms in total. The standard InChI is InChI=1S/C17H14O2/c1-3-15(18-7-1)12-10-14-13-9-11(12)5-6-17(13,14)16-4-2-8-19-16/h1-8,10-11,13-14H,9H2. The lowest BCUT2D eigenvalue weighted by Gasteiger charge is -2.22. The molecule has 3 aliphatic rings. The zero-order valence-electron chi connectivity index (χ0n) is 10.5. The summed E-state index contributed by atoms with van der Waals surface area (Å²) in [7, 11) is 0. The SMILES string of the molecule is C1=CC2(c3ccco3)C3C=C(c4ccco4)C1CC32. The van der Waals surface area contributed by atoms with Gasteiger partial charge < -0.3 is 8.83 Å². The van der Waals surface area contributed by atoms with Crippen molar-refractivity contribution in [2.75, 3.05) is 0 Å².